The predicted octanol–water partition coefficient (Wildman–Crippen LogP) is 6.41. The molecule has 1 aromatic rings. The molecule has 0 bridgehead atoms. The molecule has 1 aromatic carbocycles. The van der Waals surface area contributed by atoms with E-state index in [-0.39, 0.29) is 11.8 Å². The lowest BCUT2D eigenvalue weighted by Gasteiger charge is -2.31. The molecule has 4 heteroatoms. The van der Waals surface area contributed by atoms with Gasteiger partial charge in [0.2, 0.25) is 0 Å². The van der Waals surface area contributed by atoms with E-state index in [1.54, 1.807) is 4.90 Å². The molecular formula is C28H43N3O. The van der Waals surface area contributed by atoms with Crippen LogP contribution in [0.15, 0.2) is 35.3 Å². The van der Waals surface area contributed by atoms with Crippen LogP contribution in [0.2, 0.25) is 0 Å². The first-order valence-corrected chi connectivity index (χ1v) is 13.3. The Bertz CT molecular complexity index is 740. The van der Waals surface area contributed by atoms with Crippen molar-refractivity contribution in [1.82, 2.24) is 4.90 Å². The summed E-state index contributed by atoms with van der Waals surface area (Å²) >= 11 is 0. The van der Waals surface area contributed by atoms with E-state index in [9.17, 15) is 4.79 Å². The van der Waals surface area contributed by atoms with Crippen LogP contribution >= 0.6 is 0 Å². The molecule has 0 radical (unpaired) electrons. The van der Waals surface area contributed by atoms with E-state index in [2.05, 4.69) is 31.2 Å². The normalized spacial score (nSPS) is 23.3. The van der Waals surface area contributed by atoms with Gasteiger partial charge >= 0.3 is 0 Å². The number of nitrogens with zero attached hydrogens (tertiary/aromatic N) is 2. The van der Waals surface area contributed by atoms with Gasteiger partial charge in [-0.15, -0.1) is 0 Å². The summed E-state index contributed by atoms with van der Waals surface area (Å²) in [6.45, 7) is 2.80. The lowest BCUT2D eigenvalue weighted by molar-refractivity contribution is -0.132. The Morgan fingerprint density at radius 1 is 0.938 bits per heavy atom. The van der Waals surface area contributed by atoms with Crippen LogP contribution in [0.4, 0.5) is 0 Å². The molecule has 1 heterocycles. The molecule has 2 N–H and O–H groups in total. The SMILES string of the molecule is CC(CN1C(=O)C(CCC2CCCCC2)(CCC2CCCCC2)N=C1N)c1ccccc1. The highest BCUT2D eigenvalue weighted by molar-refractivity contribution is 6.06. The Balaban J connectivity index is 1.46. The van der Waals surface area contributed by atoms with Crippen molar-refractivity contribution in [3.8, 4) is 0 Å². The van der Waals surface area contributed by atoms with E-state index in [1.807, 2.05) is 6.07 Å². The lowest BCUT2D eigenvalue weighted by Crippen LogP contribution is -2.46. The zero-order valence-corrected chi connectivity index (χ0v) is 20.1. The molecule has 2 saturated carbocycles. The Labute approximate surface area is 195 Å². The van der Waals surface area contributed by atoms with Crippen molar-refractivity contribution in [2.45, 2.75) is 108 Å². The van der Waals surface area contributed by atoms with Gasteiger partial charge in [0.1, 0.15) is 5.54 Å². The molecule has 0 aromatic heterocycles. The highest BCUT2D eigenvalue weighted by atomic mass is 16.2. The van der Waals surface area contributed by atoms with E-state index in [4.69, 9.17) is 10.7 Å². The van der Waals surface area contributed by atoms with Crippen molar-refractivity contribution < 1.29 is 4.79 Å². The van der Waals surface area contributed by atoms with Crippen molar-refractivity contribution in [1.29, 1.82) is 0 Å². The maximum Gasteiger partial charge on any atom is 0.257 e. The summed E-state index contributed by atoms with van der Waals surface area (Å²) in [4.78, 5) is 20.7. The van der Waals surface area contributed by atoms with E-state index in [0.29, 0.717) is 12.5 Å². The van der Waals surface area contributed by atoms with Crippen LogP contribution in [0.1, 0.15) is 108 Å². The number of hydrogen-bond acceptors (Lipinski definition) is 3. The minimum atomic E-state index is -0.616. The molecule has 1 atom stereocenters. The Kier molecular flexibility index (Phi) is 7.91. The van der Waals surface area contributed by atoms with Crippen molar-refractivity contribution in [3.63, 3.8) is 0 Å². The van der Waals surface area contributed by atoms with Gasteiger partial charge in [-0.3, -0.25) is 9.69 Å². The summed E-state index contributed by atoms with van der Waals surface area (Å²) in [6, 6.07) is 10.4. The van der Waals surface area contributed by atoms with Gasteiger partial charge in [-0.2, -0.15) is 0 Å². The molecule has 2 aliphatic carbocycles. The number of nitrogens with two attached hydrogens (primary N) is 1. The maximum atomic E-state index is 13.9. The number of rotatable bonds is 9. The van der Waals surface area contributed by atoms with Crippen LogP contribution in [0.5, 0.6) is 0 Å². The highest BCUT2D eigenvalue weighted by Gasteiger charge is 2.47. The number of amides is 1. The van der Waals surface area contributed by atoms with E-state index in [0.717, 1.165) is 37.5 Å². The monoisotopic (exact) mass is 437 g/mol. The quantitative estimate of drug-likeness (QED) is 0.485. The molecular weight excluding hydrogens is 394 g/mol. The highest BCUT2D eigenvalue weighted by Crippen LogP contribution is 2.39. The molecule has 0 spiro atoms. The average molecular weight is 438 g/mol. The van der Waals surface area contributed by atoms with Gasteiger partial charge in [-0.1, -0.05) is 101 Å². The largest absolute Gasteiger partial charge is 0.369 e. The third-order valence-corrected chi connectivity index (χ3v) is 8.46. The summed E-state index contributed by atoms with van der Waals surface area (Å²) in [6.07, 6.45) is 17.4. The topological polar surface area (TPSA) is 58.7 Å². The third-order valence-electron chi connectivity index (χ3n) is 8.46. The fraction of sp³-hybridized carbons (Fsp3) is 0.714. The van der Waals surface area contributed by atoms with Gasteiger partial charge in [0.15, 0.2) is 5.96 Å². The maximum absolute atomic E-state index is 13.9. The fourth-order valence-electron chi connectivity index (χ4n) is 6.31. The van der Waals surface area contributed by atoms with E-state index < -0.39 is 5.54 Å². The first kappa shape index (κ1) is 23.3. The molecule has 1 amide bonds. The van der Waals surface area contributed by atoms with Crippen LogP contribution < -0.4 is 5.73 Å². The van der Waals surface area contributed by atoms with Crippen LogP contribution in [-0.4, -0.2) is 28.9 Å². The number of hydrogen-bond donors (Lipinski definition) is 1. The molecule has 1 unspecified atom stereocenters. The van der Waals surface area contributed by atoms with Crippen molar-refractivity contribution in [3.05, 3.63) is 35.9 Å². The minimum absolute atomic E-state index is 0.171. The van der Waals surface area contributed by atoms with Gasteiger partial charge in [-0.05, 0) is 49.0 Å². The number of carbonyl (C=O) groups is 1. The summed E-state index contributed by atoms with van der Waals surface area (Å²) in [5, 5.41) is 0. The number of aliphatic imine (C=N–C) groups is 1. The van der Waals surface area contributed by atoms with Crippen molar-refractivity contribution in [2.24, 2.45) is 22.6 Å². The Hall–Kier alpha value is -1.84. The second-order valence-electron chi connectivity index (χ2n) is 10.8. The molecule has 1 aliphatic heterocycles. The first-order valence-electron chi connectivity index (χ1n) is 13.3. The van der Waals surface area contributed by atoms with Gasteiger partial charge in [0, 0.05) is 6.54 Å². The average Bonchev–Trinajstić information content (AvgIpc) is 3.08. The summed E-state index contributed by atoms with van der Waals surface area (Å²) in [5.74, 6) is 2.38. The molecule has 176 valence electrons. The number of carbonyl (C=O) groups excluding carboxylic acids is 1. The van der Waals surface area contributed by atoms with E-state index in [1.165, 1.54) is 69.8 Å². The summed E-state index contributed by atoms with van der Waals surface area (Å²) in [7, 11) is 0. The van der Waals surface area contributed by atoms with Crippen molar-refractivity contribution >= 4 is 11.9 Å². The van der Waals surface area contributed by atoms with Gasteiger partial charge in [0.25, 0.3) is 5.91 Å². The summed E-state index contributed by atoms with van der Waals surface area (Å²) in [5.41, 5.74) is 7.07. The van der Waals surface area contributed by atoms with E-state index >= 15 is 0 Å². The zero-order valence-electron chi connectivity index (χ0n) is 20.1. The van der Waals surface area contributed by atoms with Crippen LogP contribution in [-0.2, 0) is 4.79 Å². The zero-order chi connectivity index (χ0) is 22.4. The lowest BCUT2D eigenvalue weighted by atomic mass is 9.77. The van der Waals surface area contributed by atoms with Crippen LogP contribution in [0.25, 0.3) is 0 Å². The second kappa shape index (κ2) is 10.9. The fourth-order valence-corrected chi connectivity index (χ4v) is 6.31. The van der Waals surface area contributed by atoms with Crippen LogP contribution in [0, 0.1) is 11.8 Å². The Morgan fingerprint density at radius 2 is 1.47 bits per heavy atom. The van der Waals surface area contributed by atoms with Gasteiger partial charge in [-0.25, -0.2) is 4.99 Å². The van der Waals surface area contributed by atoms with Gasteiger partial charge < -0.3 is 5.73 Å². The molecule has 4 rings (SSSR count). The Morgan fingerprint density at radius 3 is 2.00 bits per heavy atom. The third kappa shape index (κ3) is 5.55. The molecule has 2 fully saturated rings. The standard InChI is InChI=1S/C28H43N3O/c1-22(25-15-9-4-10-16-25)21-31-26(32)28(30-27(31)29,19-17-23-11-5-2-6-12-23)20-18-24-13-7-3-8-14-24/h4,9-10,15-16,22-24H,2-3,5-8,11-14,17-21H2,1H3,(H2,29,30). The van der Waals surface area contributed by atoms with Crippen molar-refractivity contribution in [2.75, 3.05) is 6.54 Å². The molecule has 32 heavy (non-hydrogen) atoms. The predicted molar refractivity (Wildman–Crippen MR) is 133 cm³/mol. The minimum Gasteiger partial charge on any atom is -0.369 e. The molecule has 0 saturated heterocycles. The van der Waals surface area contributed by atoms with Crippen LogP contribution in [0.3, 0.4) is 0 Å². The number of guanidine groups is 1. The molecule has 3 aliphatic rings. The van der Waals surface area contributed by atoms with Gasteiger partial charge in [0.05, 0.1) is 0 Å². The smallest absolute Gasteiger partial charge is 0.257 e. The number of benzene rings is 1. The first-order chi connectivity index (χ1) is 15.6. The second-order valence-corrected chi connectivity index (χ2v) is 10.8. The molecule has 4 nitrogen and oxygen atoms in total. The summed E-state index contributed by atoms with van der Waals surface area (Å²) < 4.78 is 0.